The van der Waals surface area contributed by atoms with Gasteiger partial charge in [-0.1, -0.05) is 6.92 Å². The van der Waals surface area contributed by atoms with Gasteiger partial charge in [0.25, 0.3) is 0 Å². The smallest absolute Gasteiger partial charge is 0.187 e. The summed E-state index contributed by atoms with van der Waals surface area (Å²) in [6, 6.07) is 0. The molecule has 0 aliphatic heterocycles. The molecule has 0 amide bonds. The lowest BCUT2D eigenvalue weighted by molar-refractivity contribution is 0.598. The van der Waals surface area contributed by atoms with Crippen molar-refractivity contribution in [2.75, 3.05) is 5.32 Å². The first-order chi connectivity index (χ1) is 8.24. The molecule has 1 N–H and O–H groups in total. The molecule has 0 aliphatic rings. The van der Waals surface area contributed by atoms with Gasteiger partial charge in [-0.05, 0) is 13.3 Å². The molecular weight excluding hydrogens is 221 g/mol. The number of nitrogens with zero attached hydrogens (tertiary/aromatic N) is 4. The summed E-state index contributed by atoms with van der Waals surface area (Å²) < 4.78 is 15.6. The Morgan fingerprint density at radius 1 is 1.35 bits per heavy atom. The van der Waals surface area contributed by atoms with Crippen LogP contribution in [0.15, 0.2) is 18.7 Å². The van der Waals surface area contributed by atoms with Crippen molar-refractivity contribution in [2.24, 2.45) is 0 Å². The predicted octanol–water partition coefficient (Wildman–Crippen LogP) is 2.14. The van der Waals surface area contributed by atoms with Gasteiger partial charge in [-0.15, -0.1) is 0 Å². The average Bonchev–Trinajstić information content (AvgIpc) is 2.79. The second kappa shape index (κ2) is 4.90. The molecular formula is C11H14FN5. The van der Waals surface area contributed by atoms with Crippen molar-refractivity contribution in [1.82, 2.24) is 19.7 Å². The lowest BCUT2D eigenvalue weighted by Gasteiger charge is -2.05. The summed E-state index contributed by atoms with van der Waals surface area (Å²) in [5.74, 6) is -0.216. The van der Waals surface area contributed by atoms with Crippen molar-refractivity contribution in [1.29, 1.82) is 0 Å². The number of anilines is 2. The third kappa shape index (κ3) is 2.41. The third-order valence-electron chi connectivity index (χ3n) is 2.42. The van der Waals surface area contributed by atoms with Gasteiger partial charge in [-0.2, -0.15) is 5.10 Å². The fourth-order valence-electron chi connectivity index (χ4n) is 1.48. The van der Waals surface area contributed by atoms with Crippen molar-refractivity contribution in [2.45, 2.75) is 26.8 Å². The number of aromatic nitrogens is 4. The first kappa shape index (κ1) is 11.5. The Morgan fingerprint density at radius 3 is 2.82 bits per heavy atom. The molecule has 0 spiro atoms. The van der Waals surface area contributed by atoms with Crippen LogP contribution in [0.25, 0.3) is 0 Å². The molecule has 0 bridgehead atoms. The SMILES string of the molecule is CCc1ncnc(Nc2cnn(CC)c2)c1F. The van der Waals surface area contributed by atoms with E-state index in [1.165, 1.54) is 6.33 Å². The van der Waals surface area contributed by atoms with Gasteiger partial charge >= 0.3 is 0 Å². The lowest BCUT2D eigenvalue weighted by atomic mass is 10.3. The maximum absolute atomic E-state index is 13.8. The molecule has 0 radical (unpaired) electrons. The molecule has 0 aromatic carbocycles. The highest BCUT2D eigenvalue weighted by molar-refractivity contribution is 5.54. The normalized spacial score (nSPS) is 10.5. The minimum absolute atomic E-state index is 0.188. The molecule has 0 saturated carbocycles. The van der Waals surface area contributed by atoms with Crippen LogP contribution in [0.3, 0.4) is 0 Å². The summed E-state index contributed by atoms with van der Waals surface area (Å²) in [5.41, 5.74) is 1.12. The quantitative estimate of drug-likeness (QED) is 0.882. The second-order valence-corrected chi connectivity index (χ2v) is 3.55. The number of aryl methyl sites for hydroxylation is 2. The zero-order chi connectivity index (χ0) is 12.3. The van der Waals surface area contributed by atoms with Crippen LogP contribution in [0.2, 0.25) is 0 Å². The number of rotatable bonds is 4. The van der Waals surface area contributed by atoms with E-state index in [4.69, 9.17) is 0 Å². The van der Waals surface area contributed by atoms with Gasteiger partial charge in [-0.25, -0.2) is 14.4 Å². The molecule has 2 heterocycles. The molecule has 17 heavy (non-hydrogen) atoms. The van der Waals surface area contributed by atoms with E-state index in [0.29, 0.717) is 17.8 Å². The van der Waals surface area contributed by atoms with Gasteiger partial charge in [-0.3, -0.25) is 4.68 Å². The van der Waals surface area contributed by atoms with Gasteiger partial charge in [0, 0.05) is 12.7 Å². The standard InChI is InChI=1S/C11H14FN5/c1-3-9-10(12)11(14-7-13-9)16-8-5-15-17(4-2)6-8/h5-7H,3-4H2,1-2H3,(H,13,14,16). The van der Waals surface area contributed by atoms with E-state index in [1.54, 1.807) is 17.1 Å². The molecule has 6 heteroatoms. The minimum Gasteiger partial charge on any atom is -0.335 e. The highest BCUT2D eigenvalue weighted by Gasteiger charge is 2.10. The van der Waals surface area contributed by atoms with E-state index in [2.05, 4.69) is 20.4 Å². The molecule has 2 rings (SSSR count). The Morgan fingerprint density at radius 2 is 2.18 bits per heavy atom. The van der Waals surface area contributed by atoms with Crippen molar-refractivity contribution in [3.63, 3.8) is 0 Å². The Bertz CT molecular complexity index is 508. The van der Waals surface area contributed by atoms with E-state index in [-0.39, 0.29) is 5.82 Å². The van der Waals surface area contributed by atoms with Crippen LogP contribution in [-0.2, 0) is 13.0 Å². The Labute approximate surface area is 98.7 Å². The topological polar surface area (TPSA) is 55.6 Å². The largest absolute Gasteiger partial charge is 0.335 e. The fourth-order valence-corrected chi connectivity index (χ4v) is 1.48. The zero-order valence-electron chi connectivity index (χ0n) is 9.81. The Kier molecular flexibility index (Phi) is 3.32. The Balaban J connectivity index is 2.23. The van der Waals surface area contributed by atoms with Crippen LogP contribution in [0, 0.1) is 5.82 Å². The minimum atomic E-state index is -0.403. The first-order valence-corrected chi connectivity index (χ1v) is 5.53. The van der Waals surface area contributed by atoms with E-state index < -0.39 is 5.82 Å². The molecule has 0 saturated heterocycles. The summed E-state index contributed by atoms with van der Waals surface area (Å²) in [6.45, 7) is 4.61. The van der Waals surface area contributed by atoms with Crippen molar-refractivity contribution in [3.8, 4) is 0 Å². The molecule has 90 valence electrons. The predicted molar refractivity (Wildman–Crippen MR) is 62.6 cm³/mol. The number of halogens is 1. The first-order valence-electron chi connectivity index (χ1n) is 5.53. The summed E-state index contributed by atoms with van der Waals surface area (Å²) in [7, 11) is 0. The molecule has 0 unspecified atom stereocenters. The second-order valence-electron chi connectivity index (χ2n) is 3.55. The van der Waals surface area contributed by atoms with E-state index in [9.17, 15) is 4.39 Å². The average molecular weight is 235 g/mol. The van der Waals surface area contributed by atoms with Crippen molar-refractivity contribution in [3.05, 3.63) is 30.2 Å². The van der Waals surface area contributed by atoms with Gasteiger partial charge in [0.1, 0.15) is 6.33 Å². The highest BCUT2D eigenvalue weighted by Crippen LogP contribution is 2.18. The van der Waals surface area contributed by atoms with Gasteiger partial charge in [0.2, 0.25) is 0 Å². The maximum atomic E-state index is 13.8. The fraction of sp³-hybridized carbons (Fsp3) is 0.364. The summed E-state index contributed by atoms with van der Waals surface area (Å²) in [4.78, 5) is 7.76. The number of nitrogens with one attached hydrogen (secondary N) is 1. The van der Waals surface area contributed by atoms with Crippen LogP contribution >= 0.6 is 0 Å². The maximum Gasteiger partial charge on any atom is 0.187 e. The van der Waals surface area contributed by atoms with E-state index in [0.717, 1.165) is 6.54 Å². The van der Waals surface area contributed by atoms with Crippen LogP contribution in [0.5, 0.6) is 0 Å². The number of hydrogen-bond acceptors (Lipinski definition) is 4. The molecule has 2 aromatic rings. The third-order valence-corrected chi connectivity index (χ3v) is 2.42. The summed E-state index contributed by atoms with van der Waals surface area (Å²) in [6.07, 6.45) is 5.33. The van der Waals surface area contributed by atoms with Crippen LogP contribution < -0.4 is 5.32 Å². The van der Waals surface area contributed by atoms with Crippen molar-refractivity contribution >= 4 is 11.5 Å². The summed E-state index contributed by atoms with van der Waals surface area (Å²) in [5, 5.41) is 6.98. The van der Waals surface area contributed by atoms with E-state index in [1.807, 2.05) is 13.8 Å². The van der Waals surface area contributed by atoms with Crippen LogP contribution in [-0.4, -0.2) is 19.7 Å². The lowest BCUT2D eigenvalue weighted by Crippen LogP contribution is -2.02. The Hall–Kier alpha value is -1.98. The molecule has 0 fully saturated rings. The highest BCUT2D eigenvalue weighted by atomic mass is 19.1. The van der Waals surface area contributed by atoms with Gasteiger partial charge < -0.3 is 5.32 Å². The molecule has 0 aliphatic carbocycles. The molecule has 2 aromatic heterocycles. The monoisotopic (exact) mass is 235 g/mol. The van der Waals surface area contributed by atoms with Crippen LogP contribution in [0.1, 0.15) is 19.5 Å². The van der Waals surface area contributed by atoms with Gasteiger partial charge in [0.15, 0.2) is 11.6 Å². The molecule has 0 atom stereocenters. The summed E-state index contributed by atoms with van der Waals surface area (Å²) >= 11 is 0. The van der Waals surface area contributed by atoms with E-state index >= 15 is 0 Å². The molecule has 5 nitrogen and oxygen atoms in total. The zero-order valence-corrected chi connectivity index (χ0v) is 9.81. The van der Waals surface area contributed by atoms with Crippen LogP contribution in [0.4, 0.5) is 15.9 Å². The number of hydrogen-bond donors (Lipinski definition) is 1. The van der Waals surface area contributed by atoms with Crippen molar-refractivity contribution < 1.29 is 4.39 Å². The van der Waals surface area contributed by atoms with Gasteiger partial charge in [0.05, 0.1) is 17.6 Å².